The first-order chi connectivity index (χ1) is 8.25. The lowest BCUT2D eigenvalue weighted by Gasteiger charge is -2.34. The molecule has 0 amide bonds. The van der Waals surface area contributed by atoms with Crippen molar-refractivity contribution in [1.82, 2.24) is 9.88 Å². The van der Waals surface area contributed by atoms with Crippen molar-refractivity contribution >= 4 is 16.6 Å². The second kappa shape index (κ2) is 4.08. The Bertz CT molecular complexity index is 529. The molecule has 1 fully saturated rings. The minimum absolute atomic E-state index is 0.572. The van der Waals surface area contributed by atoms with Gasteiger partial charge in [-0.25, -0.2) is 0 Å². The summed E-state index contributed by atoms with van der Waals surface area (Å²) in [6.07, 6.45) is 2.14. The molecule has 0 spiro atoms. The van der Waals surface area contributed by atoms with Crippen molar-refractivity contribution in [1.29, 1.82) is 0 Å². The second-order valence-corrected chi connectivity index (χ2v) is 4.94. The minimum atomic E-state index is 0.572. The first-order valence-electron chi connectivity index (χ1n) is 6.28. The number of aryl methyl sites for hydroxylation is 1. The Morgan fingerprint density at radius 1 is 1.29 bits per heavy atom. The van der Waals surface area contributed by atoms with E-state index in [2.05, 4.69) is 59.2 Å². The number of hydrogen-bond acceptors (Lipinski definition) is 2. The number of fused-ring (bicyclic) bond motifs is 1. The molecule has 1 N–H and O–H groups in total. The topological polar surface area (TPSA) is 20.2 Å². The molecule has 0 bridgehead atoms. The first-order valence-corrected chi connectivity index (χ1v) is 6.28. The normalized spacial score (nSPS) is 21.1. The summed E-state index contributed by atoms with van der Waals surface area (Å²) in [4.78, 5) is 2.49. The van der Waals surface area contributed by atoms with Crippen LogP contribution in [-0.4, -0.2) is 30.2 Å². The largest absolute Gasteiger partial charge is 0.368 e. The maximum atomic E-state index is 3.49. The van der Waals surface area contributed by atoms with Gasteiger partial charge in [-0.05, 0) is 25.1 Å². The average molecular weight is 229 g/mol. The van der Waals surface area contributed by atoms with E-state index in [-0.39, 0.29) is 0 Å². The van der Waals surface area contributed by atoms with E-state index < -0.39 is 0 Å². The van der Waals surface area contributed by atoms with Crippen LogP contribution < -0.4 is 10.2 Å². The molecule has 3 heteroatoms. The number of rotatable bonds is 1. The van der Waals surface area contributed by atoms with Crippen molar-refractivity contribution in [2.45, 2.75) is 13.0 Å². The smallest absolute Gasteiger partial charge is 0.0498 e. The summed E-state index contributed by atoms with van der Waals surface area (Å²) in [6.45, 7) is 5.51. The van der Waals surface area contributed by atoms with Crippen LogP contribution in [0.25, 0.3) is 10.9 Å². The summed E-state index contributed by atoms with van der Waals surface area (Å²) < 4.78 is 2.18. The SMILES string of the molecule is CC1CN(c2cccc3c2ccn3C)CCN1. The van der Waals surface area contributed by atoms with Gasteiger partial charge < -0.3 is 14.8 Å². The molecule has 1 unspecified atom stereocenters. The van der Waals surface area contributed by atoms with Crippen molar-refractivity contribution in [2.24, 2.45) is 7.05 Å². The van der Waals surface area contributed by atoms with E-state index in [0.717, 1.165) is 19.6 Å². The molecule has 1 aliphatic rings. The molecule has 1 aromatic carbocycles. The number of nitrogens with zero attached hydrogens (tertiary/aromatic N) is 2. The summed E-state index contributed by atoms with van der Waals surface area (Å²) in [6, 6.07) is 9.37. The van der Waals surface area contributed by atoms with E-state index in [1.807, 2.05) is 0 Å². The number of piperazine rings is 1. The first kappa shape index (κ1) is 10.7. The van der Waals surface area contributed by atoms with E-state index in [1.54, 1.807) is 0 Å². The molecular weight excluding hydrogens is 210 g/mol. The van der Waals surface area contributed by atoms with Crippen molar-refractivity contribution < 1.29 is 0 Å². The quantitative estimate of drug-likeness (QED) is 0.807. The Hall–Kier alpha value is -1.48. The van der Waals surface area contributed by atoms with Gasteiger partial charge in [-0.1, -0.05) is 6.07 Å². The third kappa shape index (κ3) is 1.80. The third-order valence-electron chi connectivity index (χ3n) is 3.61. The van der Waals surface area contributed by atoms with Gasteiger partial charge in [0.15, 0.2) is 0 Å². The van der Waals surface area contributed by atoms with E-state index in [9.17, 15) is 0 Å². The van der Waals surface area contributed by atoms with Crippen molar-refractivity contribution in [3.8, 4) is 0 Å². The van der Waals surface area contributed by atoms with E-state index >= 15 is 0 Å². The van der Waals surface area contributed by atoms with Crippen molar-refractivity contribution in [3.63, 3.8) is 0 Å². The predicted octanol–water partition coefficient (Wildman–Crippen LogP) is 1.98. The van der Waals surface area contributed by atoms with Gasteiger partial charge in [0.05, 0.1) is 0 Å². The molecule has 0 radical (unpaired) electrons. The van der Waals surface area contributed by atoms with Crippen molar-refractivity contribution in [2.75, 3.05) is 24.5 Å². The zero-order chi connectivity index (χ0) is 11.8. The molecule has 3 rings (SSSR count). The minimum Gasteiger partial charge on any atom is -0.368 e. The van der Waals surface area contributed by atoms with Crippen LogP contribution in [0.2, 0.25) is 0 Å². The fourth-order valence-corrected chi connectivity index (χ4v) is 2.71. The summed E-state index contributed by atoms with van der Waals surface area (Å²) in [5.74, 6) is 0. The Morgan fingerprint density at radius 2 is 2.18 bits per heavy atom. The molecular formula is C14H19N3. The zero-order valence-electron chi connectivity index (χ0n) is 10.5. The predicted molar refractivity (Wildman–Crippen MR) is 72.6 cm³/mol. The fourth-order valence-electron chi connectivity index (χ4n) is 2.71. The Kier molecular flexibility index (Phi) is 2.56. The number of benzene rings is 1. The van der Waals surface area contributed by atoms with E-state index in [4.69, 9.17) is 0 Å². The molecule has 0 aliphatic carbocycles. The standard InChI is InChI=1S/C14H19N3/c1-11-10-17(9-7-15-11)14-5-3-4-13-12(14)6-8-16(13)2/h3-6,8,11,15H,7,9-10H2,1-2H3. The average Bonchev–Trinajstić information content (AvgIpc) is 2.71. The van der Waals surface area contributed by atoms with Gasteiger partial charge in [0, 0.05) is 55.5 Å². The fraction of sp³-hybridized carbons (Fsp3) is 0.429. The summed E-state index contributed by atoms with van der Waals surface area (Å²) >= 11 is 0. The van der Waals surface area contributed by atoms with Crippen LogP contribution in [0.4, 0.5) is 5.69 Å². The molecule has 17 heavy (non-hydrogen) atoms. The van der Waals surface area contributed by atoms with Crippen molar-refractivity contribution in [3.05, 3.63) is 30.5 Å². The van der Waals surface area contributed by atoms with Crippen LogP contribution >= 0.6 is 0 Å². The molecule has 2 heterocycles. The summed E-state index contributed by atoms with van der Waals surface area (Å²) in [5, 5.41) is 4.85. The van der Waals surface area contributed by atoms with Gasteiger partial charge in [0.2, 0.25) is 0 Å². The van der Waals surface area contributed by atoms with Crippen LogP contribution in [0.3, 0.4) is 0 Å². The number of nitrogens with one attached hydrogen (secondary N) is 1. The summed E-state index contributed by atoms with van der Waals surface area (Å²) in [5.41, 5.74) is 2.69. The summed E-state index contributed by atoms with van der Waals surface area (Å²) in [7, 11) is 2.10. The number of aromatic nitrogens is 1. The lowest BCUT2D eigenvalue weighted by molar-refractivity contribution is 0.485. The van der Waals surface area contributed by atoms with Gasteiger partial charge >= 0.3 is 0 Å². The van der Waals surface area contributed by atoms with Gasteiger partial charge in [-0.3, -0.25) is 0 Å². The van der Waals surface area contributed by atoms with Crippen LogP contribution in [0.15, 0.2) is 30.5 Å². The Balaban J connectivity index is 2.04. The monoisotopic (exact) mass is 229 g/mol. The van der Waals surface area contributed by atoms with Crippen LogP contribution in [0.1, 0.15) is 6.92 Å². The van der Waals surface area contributed by atoms with Crippen LogP contribution in [0.5, 0.6) is 0 Å². The maximum Gasteiger partial charge on any atom is 0.0498 e. The van der Waals surface area contributed by atoms with E-state index in [1.165, 1.54) is 16.6 Å². The van der Waals surface area contributed by atoms with Gasteiger partial charge in [0.1, 0.15) is 0 Å². The number of hydrogen-bond donors (Lipinski definition) is 1. The molecule has 1 aromatic heterocycles. The zero-order valence-corrected chi connectivity index (χ0v) is 10.5. The highest BCUT2D eigenvalue weighted by Crippen LogP contribution is 2.27. The van der Waals surface area contributed by atoms with Crippen LogP contribution in [-0.2, 0) is 7.05 Å². The molecule has 3 nitrogen and oxygen atoms in total. The van der Waals surface area contributed by atoms with E-state index in [0.29, 0.717) is 6.04 Å². The Labute approximate surface area is 102 Å². The van der Waals surface area contributed by atoms with Crippen LogP contribution in [0, 0.1) is 0 Å². The molecule has 2 aromatic rings. The molecule has 90 valence electrons. The lowest BCUT2D eigenvalue weighted by Crippen LogP contribution is -2.49. The number of anilines is 1. The van der Waals surface area contributed by atoms with Gasteiger partial charge in [-0.15, -0.1) is 0 Å². The highest BCUT2D eigenvalue weighted by Gasteiger charge is 2.17. The molecule has 1 saturated heterocycles. The Morgan fingerprint density at radius 3 is 3.00 bits per heavy atom. The third-order valence-corrected chi connectivity index (χ3v) is 3.61. The van der Waals surface area contributed by atoms with Gasteiger partial charge in [0.25, 0.3) is 0 Å². The maximum absolute atomic E-state index is 3.49. The highest BCUT2D eigenvalue weighted by atomic mass is 15.2. The lowest BCUT2D eigenvalue weighted by atomic mass is 10.1. The molecule has 0 saturated carbocycles. The highest BCUT2D eigenvalue weighted by molar-refractivity contribution is 5.93. The van der Waals surface area contributed by atoms with Gasteiger partial charge in [-0.2, -0.15) is 0 Å². The molecule has 1 aliphatic heterocycles. The molecule has 1 atom stereocenters. The second-order valence-electron chi connectivity index (χ2n) is 4.94.